The van der Waals surface area contributed by atoms with Crippen molar-refractivity contribution in [2.24, 2.45) is 7.05 Å². The fraction of sp³-hybridized carbons (Fsp3) is 0.400. The van der Waals surface area contributed by atoms with E-state index in [-0.39, 0.29) is 0 Å². The highest BCUT2D eigenvalue weighted by molar-refractivity contribution is 5.07. The molecule has 0 aromatic carbocycles. The van der Waals surface area contributed by atoms with Gasteiger partial charge in [0.1, 0.15) is 0 Å². The molecular formula is C5H5F3N2. The van der Waals surface area contributed by atoms with Gasteiger partial charge in [-0.3, -0.25) is 0 Å². The molecule has 0 spiro atoms. The monoisotopic (exact) mass is 150 g/mol. The van der Waals surface area contributed by atoms with E-state index >= 15 is 0 Å². The molecule has 0 saturated carbocycles. The first-order chi connectivity index (χ1) is 4.63. The second kappa shape index (κ2) is 2.32. The SMILES string of the molecule is Cn1ncc(C(F)F)c1F. The van der Waals surface area contributed by atoms with Crippen LogP contribution in [0.25, 0.3) is 0 Å². The van der Waals surface area contributed by atoms with Crippen LogP contribution in [0.1, 0.15) is 12.0 Å². The molecule has 0 bridgehead atoms. The first-order valence-corrected chi connectivity index (χ1v) is 2.58. The lowest BCUT2D eigenvalue weighted by Crippen LogP contribution is -1.95. The molecule has 0 saturated heterocycles. The molecule has 0 aliphatic heterocycles. The highest BCUT2D eigenvalue weighted by Crippen LogP contribution is 2.20. The molecule has 1 rings (SSSR count). The van der Waals surface area contributed by atoms with E-state index in [1.165, 1.54) is 7.05 Å². The van der Waals surface area contributed by atoms with Crippen LogP contribution in [0.4, 0.5) is 13.2 Å². The van der Waals surface area contributed by atoms with Gasteiger partial charge in [-0.25, -0.2) is 13.5 Å². The Morgan fingerprint density at radius 3 is 2.40 bits per heavy atom. The van der Waals surface area contributed by atoms with Gasteiger partial charge in [-0.2, -0.15) is 9.49 Å². The zero-order valence-corrected chi connectivity index (χ0v) is 5.18. The summed E-state index contributed by atoms with van der Waals surface area (Å²) in [6.45, 7) is 0. The second-order valence-electron chi connectivity index (χ2n) is 1.82. The van der Waals surface area contributed by atoms with Crippen molar-refractivity contribution in [3.05, 3.63) is 17.7 Å². The average Bonchev–Trinajstić information content (AvgIpc) is 2.14. The summed E-state index contributed by atoms with van der Waals surface area (Å²) in [5.74, 6) is -0.977. The molecule has 0 aliphatic rings. The molecule has 1 aromatic heterocycles. The molecule has 1 aromatic rings. The number of halogens is 3. The van der Waals surface area contributed by atoms with Crippen molar-refractivity contribution in [3.8, 4) is 0 Å². The van der Waals surface area contributed by atoms with Crippen LogP contribution >= 0.6 is 0 Å². The summed E-state index contributed by atoms with van der Waals surface area (Å²) in [5.41, 5.74) is -0.650. The van der Waals surface area contributed by atoms with Gasteiger partial charge in [-0.1, -0.05) is 0 Å². The largest absolute Gasteiger partial charge is 0.269 e. The maximum atomic E-state index is 12.4. The Morgan fingerprint density at radius 1 is 1.60 bits per heavy atom. The molecule has 0 N–H and O–H groups in total. The van der Waals surface area contributed by atoms with Gasteiger partial charge in [0.05, 0.1) is 11.8 Å². The van der Waals surface area contributed by atoms with Crippen molar-refractivity contribution in [2.45, 2.75) is 6.43 Å². The predicted molar refractivity (Wildman–Crippen MR) is 28.1 cm³/mol. The van der Waals surface area contributed by atoms with E-state index in [0.717, 1.165) is 10.9 Å². The zero-order valence-electron chi connectivity index (χ0n) is 5.18. The van der Waals surface area contributed by atoms with Gasteiger partial charge < -0.3 is 0 Å². The lowest BCUT2D eigenvalue weighted by Gasteiger charge is -1.92. The molecular weight excluding hydrogens is 145 g/mol. The number of aryl methyl sites for hydroxylation is 1. The van der Waals surface area contributed by atoms with Crippen molar-refractivity contribution in [2.75, 3.05) is 0 Å². The minimum Gasteiger partial charge on any atom is -0.242 e. The molecule has 0 fully saturated rings. The first kappa shape index (κ1) is 7.11. The number of nitrogens with zero attached hydrogens (tertiary/aromatic N) is 2. The summed E-state index contributed by atoms with van der Waals surface area (Å²) in [6, 6.07) is 0. The number of alkyl halides is 2. The van der Waals surface area contributed by atoms with Gasteiger partial charge in [0.25, 0.3) is 6.43 Å². The number of hydrogen-bond donors (Lipinski definition) is 0. The average molecular weight is 150 g/mol. The van der Waals surface area contributed by atoms with Crippen LogP contribution in [0, 0.1) is 5.95 Å². The molecule has 5 heteroatoms. The van der Waals surface area contributed by atoms with E-state index in [4.69, 9.17) is 0 Å². The van der Waals surface area contributed by atoms with Crippen LogP contribution in [-0.4, -0.2) is 9.78 Å². The minimum atomic E-state index is -2.78. The van der Waals surface area contributed by atoms with E-state index in [0.29, 0.717) is 0 Å². The van der Waals surface area contributed by atoms with Gasteiger partial charge >= 0.3 is 0 Å². The normalized spacial score (nSPS) is 10.9. The van der Waals surface area contributed by atoms with Crippen molar-refractivity contribution < 1.29 is 13.2 Å². The highest BCUT2D eigenvalue weighted by Gasteiger charge is 2.16. The van der Waals surface area contributed by atoms with E-state index in [1.54, 1.807) is 0 Å². The van der Waals surface area contributed by atoms with Crippen molar-refractivity contribution in [3.63, 3.8) is 0 Å². The van der Waals surface area contributed by atoms with Gasteiger partial charge in [0.15, 0.2) is 0 Å². The van der Waals surface area contributed by atoms with Gasteiger partial charge in [-0.15, -0.1) is 0 Å². The number of hydrogen-bond acceptors (Lipinski definition) is 1. The molecule has 0 atom stereocenters. The summed E-state index contributed by atoms with van der Waals surface area (Å²) < 4.78 is 36.7. The predicted octanol–water partition coefficient (Wildman–Crippen LogP) is 1.50. The highest BCUT2D eigenvalue weighted by atomic mass is 19.3. The lowest BCUT2D eigenvalue weighted by atomic mass is 10.4. The van der Waals surface area contributed by atoms with E-state index in [9.17, 15) is 13.2 Å². The van der Waals surface area contributed by atoms with Crippen molar-refractivity contribution in [1.29, 1.82) is 0 Å². The Morgan fingerprint density at radius 2 is 2.20 bits per heavy atom. The maximum absolute atomic E-state index is 12.4. The topological polar surface area (TPSA) is 17.8 Å². The fourth-order valence-corrected chi connectivity index (χ4v) is 0.586. The smallest absolute Gasteiger partial charge is 0.242 e. The molecule has 10 heavy (non-hydrogen) atoms. The number of rotatable bonds is 1. The van der Waals surface area contributed by atoms with Crippen molar-refractivity contribution in [1.82, 2.24) is 9.78 Å². The molecule has 0 aliphatic carbocycles. The Labute approximate surface area is 55.3 Å². The Balaban J connectivity index is 3.05. The summed E-state index contributed by atoms with van der Waals surface area (Å²) >= 11 is 0. The van der Waals surface area contributed by atoms with E-state index < -0.39 is 17.9 Å². The van der Waals surface area contributed by atoms with Crippen LogP contribution in [0.5, 0.6) is 0 Å². The third-order valence-corrected chi connectivity index (χ3v) is 1.13. The van der Waals surface area contributed by atoms with Crippen LogP contribution in [0.15, 0.2) is 6.20 Å². The minimum absolute atomic E-state index is 0.650. The van der Waals surface area contributed by atoms with Gasteiger partial charge in [-0.05, 0) is 0 Å². The van der Waals surface area contributed by atoms with Crippen LogP contribution in [0.3, 0.4) is 0 Å². The molecule has 1 heterocycles. The Kier molecular flexibility index (Phi) is 1.65. The standard InChI is InChI=1S/C5H5F3N2/c1-10-5(8)3(2-9-10)4(6)7/h2,4H,1H3. The molecule has 0 unspecified atom stereocenters. The molecule has 0 amide bonds. The quantitative estimate of drug-likeness (QED) is 0.593. The summed E-state index contributed by atoms with van der Waals surface area (Å²) in [4.78, 5) is 0. The summed E-state index contributed by atoms with van der Waals surface area (Å²) in [7, 11) is 1.27. The number of aromatic nitrogens is 2. The lowest BCUT2D eigenvalue weighted by molar-refractivity contribution is 0.145. The first-order valence-electron chi connectivity index (χ1n) is 2.58. The molecule has 2 nitrogen and oxygen atoms in total. The third-order valence-electron chi connectivity index (χ3n) is 1.13. The Bertz CT molecular complexity index is 231. The van der Waals surface area contributed by atoms with E-state index in [2.05, 4.69) is 5.10 Å². The van der Waals surface area contributed by atoms with Crippen LogP contribution in [0.2, 0.25) is 0 Å². The molecule has 56 valence electrons. The van der Waals surface area contributed by atoms with Gasteiger partial charge in [0.2, 0.25) is 5.95 Å². The zero-order chi connectivity index (χ0) is 7.72. The second-order valence-corrected chi connectivity index (χ2v) is 1.82. The van der Waals surface area contributed by atoms with E-state index in [1.807, 2.05) is 0 Å². The van der Waals surface area contributed by atoms with Crippen molar-refractivity contribution >= 4 is 0 Å². The summed E-state index contributed by atoms with van der Waals surface area (Å²) in [5, 5.41) is 3.30. The summed E-state index contributed by atoms with van der Waals surface area (Å²) in [6.07, 6.45) is -1.96. The Hall–Kier alpha value is -1.00. The molecule has 0 radical (unpaired) electrons. The van der Waals surface area contributed by atoms with Crippen LogP contribution < -0.4 is 0 Å². The third kappa shape index (κ3) is 0.984. The van der Waals surface area contributed by atoms with Gasteiger partial charge in [0, 0.05) is 7.05 Å². The fourth-order valence-electron chi connectivity index (χ4n) is 0.586. The maximum Gasteiger partial charge on any atom is 0.269 e. The van der Waals surface area contributed by atoms with Crippen LogP contribution in [-0.2, 0) is 7.05 Å².